The Kier molecular flexibility index (Phi) is 2.88. The topological polar surface area (TPSA) is 40.2 Å². The van der Waals surface area contributed by atoms with Crippen molar-refractivity contribution in [1.82, 2.24) is 4.57 Å². The van der Waals surface area contributed by atoms with Gasteiger partial charge in [-0.15, -0.1) is 0 Å². The van der Waals surface area contributed by atoms with E-state index < -0.39 is 0 Å². The van der Waals surface area contributed by atoms with Crippen LogP contribution in [0.4, 0.5) is 0 Å². The Bertz CT molecular complexity index is 514. The molecule has 1 heterocycles. The summed E-state index contributed by atoms with van der Waals surface area (Å²) >= 11 is 0. The number of methoxy groups -OCH3 is 1. The molecule has 0 aliphatic heterocycles. The van der Waals surface area contributed by atoms with Gasteiger partial charge in [-0.2, -0.15) is 0 Å². The summed E-state index contributed by atoms with van der Waals surface area (Å²) in [5, 5.41) is 1.17. The summed E-state index contributed by atoms with van der Waals surface area (Å²) in [6.07, 6.45) is 0. The molecule has 0 aliphatic rings. The van der Waals surface area contributed by atoms with Gasteiger partial charge in [-0.25, -0.2) is 0 Å². The first-order chi connectivity index (χ1) is 7.69. The predicted octanol–water partition coefficient (Wildman–Crippen LogP) is 2.23. The molecule has 1 aromatic carbocycles. The van der Waals surface area contributed by atoms with Gasteiger partial charge >= 0.3 is 0 Å². The van der Waals surface area contributed by atoms with Gasteiger partial charge in [0.2, 0.25) is 0 Å². The molecule has 2 aromatic rings. The van der Waals surface area contributed by atoms with E-state index in [-0.39, 0.29) is 0 Å². The maximum absolute atomic E-state index is 5.65. The van der Waals surface area contributed by atoms with Crippen molar-refractivity contribution < 1.29 is 4.74 Å². The number of fused-ring (bicyclic) bond motifs is 1. The van der Waals surface area contributed by atoms with Crippen LogP contribution in [0.1, 0.15) is 11.3 Å². The third-order valence-corrected chi connectivity index (χ3v) is 3.00. The number of aromatic nitrogens is 1. The van der Waals surface area contributed by atoms with Crippen LogP contribution in [0.3, 0.4) is 0 Å². The van der Waals surface area contributed by atoms with Gasteiger partial charge in [0, 0.05) is 24.2 Å². The van der Waals surface area contributed by atoms with Crippen LogP contribution in [-0.2, 0) is 6.54 Å². The van der Waals surface area contributed by atoms with Gasteiger partial charge in [0.1, 0.15) is 5.75 Å². The highest BCUT2D eigenvalue weighted by atomic mass is 16.5. The molecular formula is C13H18N2O. The third kappa shape index (κ3) is 1.57. The molecular weight excluding hydrogens is 200 g/mol. The summed E-state index contributed by atoms with van der Waals surface area (Å²) in [5.41, 5.74) is 9.38. The molecule has 16 heavy (non-hydrogen) atoms. The van der Waals surface area contributed by atoms with Crippen LogP contribution < -0.4 is 10.5 Å². The number of aryl methyl sites for hydroxylation is 2. The first-order valence-corrected chi connectivity index (χ1v) is 5.52. The molecule has 86 valence electrons. The van der Waals surface area contributed by atoms with Gasteiger partial charge in [0.25, 0.3) is 0 Å². The maximum Gasteiger partial charge on any atom is 0.128 e. The molecule has 0 atom stereocenters. The largest absolute Gasteiger partial charge is 0.496 e. The lowest BCUT2D eigenvalue weighted by Crippen LogP contribution is -2.11. The third-order valence-electron chi connectivity index (χ3n) is 3.00. The number of rotatable bonds is 3. The van der Waals surface area contributed by atoms with E-state index in [0.717, 1.165) is 12.3 Å². The van der Waals surface area contributed by atoms with Crippen molar-refractivity contribution >= 4 is 10.9 Å². The monoisotopic (exact) mass is 218 g/mol. The van der Waals surface area contributed by atoms with Crippen molar-refractivity contribution in [3.63, 3.8) is 0 Å². The number of benzene rings is 1. The lowest BCUT2D eigenvalue weighted by atomic mass is 10.1. The Morgan fingerprint density at radius 1 is 1.31 bits per heavy atom. The van der Waals surface area contributed by atoms with Crippen LogP contribution in [0.5, 0.6) is 5.75 Å². The number of nitrogens with zero attached hydrogens (tertiary/aromatic N) is 1. The van der Waals surface area contributed by atoms with Crippen LogP contribution in [0, 0.1) is 13.8 Å². The molecule has 0 saturated carbocycles. The molecule has 0 unspecified atom stereocenters. The van der Waals surface area contributed by atoms with E-state index >= 15 is 0 Å². The fraction of sp³-hybridized carbons (Fsp3) is 0.385. The zero-order valence-corrected chi connectivity index (χ0v) is 10.1. The molecule has 1 aromatic heterocycles. The van der Waals surface area contributed by atoms with Gasteiger partial charge in [-0.1, -0.05) is 6.07 Å². The SMILES string of the molecule is COc1ccc(C)c2c1cc(C)n2CCN. The summed E-state index contributed by atoms with van der Waals surface area (Å²) in [6.45, 7) is 5.73. The first kappa shape index (κ1) is 11.0. The van der Waals surface area contributed by atoms with Crippen molar-refractivity contribution in [3.05, 3.63) is 29.5 Å². The Balaban J connectivity index is 2.76. The molecule has 3 nitrogen and oxygen atoms in total. The lowest BCUT2D eigenvalue weighted by Gasteiger charge is -2.09. The second-order valence-electron chi connectivity index (χ2n) is 4.07. The summed E-state index contributed by atoms with van der Waals surface area (Å²) in [7, 11) is 1.71. The van der Waals surface area contributed by atoms with E-state index in [1.54, 1.807) is 7.11 Å². The Labute approximate surface area is 95.8 Å². The van der Waals surface area contributed by atoms with Crippen molar-refractivity contribution in [2.24, 2.45) is 5.73 Å². The second-order valence-corrected chi connectivity index (χ2v) is 4.07. The molecule has 3 heteroatoms. The average molecular weight is 218 g/mol. The Morgan fingerprint density at radius 2 is 2.06 bits per heavy atom. The summed E-state index contributed by atoms with van der Waals surface area (Å²) in [5.74, 6) is 0.930. The molecule has 0 bridgehead atoms. The minimum absolute atomic E-state index is 0.654. The number of nitrogens with two attached hydrogens (primary N) is 1. The van der Waals surface area contributed by atoms with Crippen molar-refractivity contribution in [1.29, 1.82) is 0 Å². The normalized spacial score (nSPS) is 11.0. The van der Waals surface area contributed by atoms with E-state index in [4.69, 9.17) is 10.5 Å². The Morgan fingerprint density at radius 3 is 2.69 bits per heavy atom. The number of ether oxygens (including phenoxy) is 1. The fourth-order valence-corrected chi connectivity index (χ4v) is 2.25. The van der Waals surface area contributed by atoms with E-state index in [0.29, 0.717) is 6.54 Å². The molecule has 2 N–H and O–H groups in total. The molecule has 0 amide bonds. The molecule has 0 aliphatic carbocycles. The van der Waals surface area contributed by atoms with E-state index in [9.17, 15) is 0 Å². The predicted molar refractivity (Wildman–Crippen MR) is 67.0 cm³/mol. The average Bonchev–Trinajstić information content (AvgIpc) is 2.58. The van der Waals surface area contributed by atoms with Crippen LogP contribution in [-0.4, -0.2) is 18.2 Å². The van der Waals surface area contributed by atoms with Crippen molar-refractivity contribution in [2.45, 2.75) is 20.4 Å². The van der Waals surface area contributed by atoms with E-state index in [1.807, 2.05) is 6.07 Å². The van der Waals surface area contributed by atoms with Gasteiger partial charge in [0.15, 0.2) is 0 Å². The summed E-state index contributed by atoms with van der Waals surface area (Å²) < 4.78 is 7.64. The van der Waals surface area contributed by atoms with Gasteiger partial charge in [0.05, 0.1) is 12.6 Å². The van der Waals surface area contributed by atoms with Crippen LogP contribution in [0.2, 0.25) is 0 Å². The summed E-state index contributed by atoms with van der Waals surface area (Å²) in [6, 6.07) is 6.27. The molecule has 0 radical (unpaired) electrons. The molecule has 0 spiro atoms. The van der Waals surface area contributed by atoms with Crippen LogP contribution in [0.15, 0.2) is 18.2 Å². The van der Waals surface area contributed by atoms with Crippen molar-refractivity contribution in [3.8, 4) is 5.75 Å². The van der Waals surface area contributed by atoms with Crippen molar-refractivity contribution in [2.75, 3.05) is 13.7 Å². The smallest absolute Gasteiger partial charge is 0.128 e. The second kappa shape index (κ2) is 4.18. The number of hydrogen-bond donors (Lipinski definition) is 1. The molecule has 2 rings (SSSR count). The quantitative estimate of drug-likeness (QED) is 0.858. The van der Waals surface area contributed by atoms with Crippen LogP contribution in [0.25, 0.3) is 10.9 Å². The molecule has 0 saturated heterocycles. The van der Waals surface area contributed by atoms with Gasteiger partial charge in [-0.3, -0.25) is 0 Å². The zero-order chi connectivity index (χ0) is 11.7. The van der Waals surface area contributed by atoms with Crippen LogP contribution >= 0.6 is 0 Å². The fourth-order valence-electron chi connectivity index (χ4n) is 2.25. The van der Waals surface area contributed by atoms with Gasteiger partial charge < -0.3 is 15.0 Å². The summed E-state index contributed by atoms with van der Waals surface area (Å²) in [4.78, 5) is 0. The minimum atomic E-state index is 0.654. The number of hydrogen-bond acceptors (Lipinski definition) is 2. The highest BCUT2D eigenvalue weighted by Gasteiger charge is 2.11. The highest BCUT2D eigenvalue weighted by Crippen LogP contribution is 2.30. The highest BCUT2D eigenvalue weighted by molar-refractivity contribution is 5.90. The lowest BCUT2D eigenvalue weighted by molar-refractivity contribution is 0.419. The first-order valence-electron chi connectivity index (χ1n) is 5.52. The molecule has 0 fully saturated rings. The van der Waals surface area contributed by atoms with Gasteiger partial charge in [-0.05, 0) is 31.5 Å². The van der Waals surface area contributed by atoms with E-state index in [2.05, 4.69) is 30.5 Å². The standard InChI is InChI=1S/C13H18N2O/c1-9-4-5-12(16-3)11-8-10(2)15(7-6-14)13(9)11/h4-5,8H,6-7,14H2,1-3H3. The maximum atomic E-state index is 5.65. The van der Waals surface area contributed by atoms with E-state index in [1.165, 1.54) is 22.2 Å². The minimum Gasteiger partial charge on any atom is -0.496 e. The Hall–Kier alpha value is -1.48. The zero-order valence-electron chi connectivity index (χ0n) is 10.1.